The summed E-state index contributed by atoms with van der Waals surface area (Å²) in [5.41, 5.74) is 0. The van der Waals surface area contributed by atoms with E-state index in [1.807, 2.05) is 30.3 Å². The van der Waals surface area contributed by atoms with Crippen molar-refractivity contribution in [1.29, 1.82) is 0 Å². The third kappa shape index (κ3) is 3.27. The molecular formula is C14H18O3S. The van der Waals surface area contributed by atoms with Crippen molar-refractivity contribution in [3.63, 3.8) is 0 Å². The molecule has 1 aliphatic carbocycles. The Morgan fingerprint density at radius 2 is 1.83 bits per heavy atom. The molecule has 2 atom stereocenters. The summed E-state index contributed by atoms with van der Waals surface area (Å²) in [4.78, 5) is 12.2. The molecule has 1 aliphatic rings. The fourth-order valence-corrected chi connectivity index (χ4v) is 3.53. The Morgan fingerprint density at radius 1 is 1.22 bits per heavy atom. The molecule has 3 nitrogen and oxygen atoms in total. The number of benzene rings is 1. The molecule has 2 N–H and O–H groups in total. The molecule has 0 radical (unpaired) electrons. The number of aliphatic carboxylic acids is 1. The monoisotopic (exact) mass is 266 g/mol. The van der Waals surface area contributed by atoms with Crippen LogP contribution in [0.4, 0.5) is 0 Å². The first kappa shape index (κ1) is 13.4. The molecule has 0 heterocycles. The fraction of sp³-hybridized carbons (Fsp3) is 0.500. The van der Waals surface area contributed by atoms with Gasteiger partial charge in [0.25, 0.3) is 0 Å². The highest BCUT2D eigenvalue weighted by Crippen LogP contribution is 2.35. The van der Waals surface area contributed by atoms with Crippen LogP contribution in [-0.4, -0.2) is 27.5 Å². The zero-order valence-corrected chi connectivity index (χ0v) is 11.0. The second kappa shape index (κ2) is 6.25. The highest BCUT2D eigenvalue weighted by molar-refractivity contribution is 8.00. The minimum Gasteiger partial charge on any atom is -0.480 e. The second-order valence-corrected chi connectivity index (χ2v) is 5.94. The van der Waals surface area contributed by atoms with Crippen LogP contribution in [0.5, 0.6) is 0 Å². The van der Waals surface area contributed by atoms with Crippen LogP contribution in [0, 0.1) is 5.92 Å². The van der Waals surface area contributed by atoms with Crippen LogP contribution in [0.2, 0.25) is 0 Å². The number of carboxylic acids is 1. The largest absolute Gasteiger partial charge is 0.480 e. The van der Waals surface area contributed by atoms with Crippen molar-refractivity contribution in [2.45, 2.75) is 41.9 Å². The van der Waals surface area contributed by atoms with Crippen LogP contribution < -0.4 is 0 Å². The molecule has 0 saturated heterocycles. The first-order chi connectivity index (χ1) is 8.68. The lowest BCUT2D eigenvalue weighted by molar-refractivity contribution is -0.139. The van der Waals surface area contributed by atoms with Gasteiger partial charge in [0.2, 0.25) is 0 Å². The van der Waals surface area contributed by atoms with E-state index in [4.69, 9.17) is 0 Å². The van der Waals surface area contributed by atoms with Gasteiger partial charge in [0.05, 0.1) is 6.10 Å². The third-order valence-corrected chi connectivity index (χ3v) is 4.72. The number of rotatable bonds is 5. The maximum Gasteiger partial charge on any atom is 0.319 e. The van der Waals surface area contributed by atoms with Gasteiger partial charge in [-0.3, -0.25) is 4.79 Å². The molecule has 18 heavy (non-hydrogen) atoms. The van der Waals surface area contributed by atoms with E-state index in [9.17, 15) is 15.0 Å². The zero-order valence-electron chi connectivity index (χ0n) is 10.2. The molecule has 2 rings (SSSR count). The van der Waals surface area contributed by atoms with Crippen LogP contribution in [0.25, 0.3) is 0 Å². The third-order valence-electron chi connectivity index (χ3n) is 3.44. The average Bonchev–Trinajstić information content (AvgIpc) is 2.90. The Hall–Kier alpha value is -1.00. The SMILES string of the molecule is O=C(O)C(Sc1ccccc1)C(O)C1CCCC1. The summed E-state index contributed by atoms with van der Waals surface area (Å²) in [5, 5.41) is 18.8. The van der Waals surface area contributed by atoms with Gasteiger partial charge in [0.15, 0.2) is 0 Å². The molecule has 0 aromatic heterocycles. The molecule has 0 bridgehead atoms. The Balaban J connectivity index is 2.05. The summed E-state index contributed by atoms with van der Waals surface area (Å²) in [6.07, 6.45) is 3.34. The number of hydrogen-bond donors (Lipinski definition) is 2. The first-order valence-corrected chi connectivity index (χ1v) is 7.19. The minimum absolute atomic E-state index is 0.141. The highest BCUT2D eigenvalue weighted by Gasteiger charge is 2.34. The number of carboxylic acid groups (broad SMARTS) is 1. The second-order valence-electron chi connectivity index (χ2n) is 4.72. The molecule has 1 saturated carbocycles. The molecule has 4 heteroatoms. The van der Waals surface area contributed by atoms with Crippen LogP contribution in [-0.2, 0) is 4.79 Å². The summed E-state index contributed by atoms with van der Waals surface area (Å²) in [7, 11) is 0. The molecule has 98 valence electrons. The zero-order chi connectivity index (χ0) is 13.0. The summed E-state index contributed by atoms with van der Waals surface area (Å²) < 4.78 is 0. The van der Waals surface area contributed by atoms with Crippen LogP contribution in [0.3, 0.4) is 0 Å². The van der Waals surface area contributed by atoms with Gasteiger partial charge < -0.3 is 10.2 Å². The first-order valence-electron chi connectivity index (χ1n) is 6.31. The number of aliphatic hydroxyl groups excluding tert-OH is 1. The predicted octanol–water partition coefficient (Wildman–Crippen LogP) is 2.78. The van der Waals surface area contributed by atoms with Crippen molar-refractivity contribution in [2.24, 2.45) is 5.92 Å². The van der Waals surface area contributed by atoms with Gasteiger partial charge in [-0.05, 0) is 30.9 Å². The Morgan fingerprint density at radius 3 is 2.39 bits per heavy atom. The number of aliphatic hydroxyl groups is 1. The molecule has 2 unspecified atom stereocenters. The summed E-state index contributed by atoms with van der Waals surface area (Å²) in [6, 6.07) is 9.41. The quantitative estimate of drug-likeness (QED) is 0.805. The van der Waals surface area contributed by atoms with E-state index in [-0.39, 0.29) is 5.92 Å². The van der Waals surface area contributed by atoms with Crippen molar-refractivity contribution in [3.8, 4) is 0 Å². The van der Waals surface area contributed by atoms with Gasteiger partial charge in [-0.25, -0.2) is 0 Å². The molecule has 1 aromatic rings. The summed E-state index contributed by atoms with van der Waals surface area (Å²) >= 11 is 1.24. The lowest BCUT2D eigenvalue weighted by Crippen LogP contribution is -2.36. The minimum atomic E-state index is -0.928. The highest BCUT2D eigenvalue weighted by atomic mass is 32.2. The molecule has 1 fully saturated rings. The lowest BCUT2D eigenvalue weighted by atomic mass is 9.98. The van der Waals surface area contributed by atoms with E-state index in [1.165, 1.54) is 11.8 Å². The van der Waals surface area contributed by atoms with E-state index in [0.29, 0.717) is 0 Å². The van der Waals surface area contributed by atoms with Gasteiger partial charge in [0.1, 0.15) is 5.25 Å². The fourth-order valence-electron chi connectivity index (χ4n) is 2.46. The maximum atomic E-state index is 11.3. The van der Waals surface area contributed by atoms with Crippen LogP contribution in [0.1, 0.15) is 25.7 Å². The Bertz CT molecular complexity index is 387. The molecular weight excluding hydrogens is 248 g/mol. The van der Waals surface area contributed by atoms with E-state index in [1.54, 1.807) is 0 Å². The van der Waals surface area contributed by atoms with Crippen LogP contribution in [0.15, 0.2) is 35.2 Å². The van der Waals surface area contributed by atoms with Crippen molar-refractivity contribution in [3.05, 3.63) is 30.3 Å². The van der Waals surface area contributed by atoms with E-state index in [0.717, 1.165) is 30.6 Å². The average molecular weight is 266 g/mol. The van der Waals surface area contributed by atoms with Gasteiger partial charge in [0, 0.05) is 4.90 Å². The van der Waals surface area contributed by atoms with Gasteiger partial charge in [-0.2, -0.15) is 0 Å². The number of carbonyl (C=O) groups is 1. The molecule has 0 amide bonds. The number of hydrogen-bond acceptors (Lipinski definition) is 3. The van der Waals surface area contributed by atoms with Crippen molar-refractivity contribution in [2.75, 3.05) is 0 Å². The molecule has 1 aromatic carbocycles. The topological polar surface area (TPSA) is 57.5 Å². The van der Waals surface area contributed by atoms with E-state index >= 15 is 0 Å². The summed E-state index contributed by atoms with van der Waals surface area (Å²) in [6.45, 7) is 0. The predicted molar refractivity (Wildman–Crippen MR) is 71.7 cm³/mol. The van der Waals surface area contributed by atoms with Crippen LogP contribution >= 0.6 is 11.8 Å². The van der Waals surface area contributed by atoms with Gasteiger partial charge >= 0.3 is 5.97 Å². The van der Waals surface area contributed by atoms with Gasteiger partial charge in [-0.15, -0.1) is 11.8 Å². The molecule has 0 aliphatic heterocycles. The van der Waals surface area contributed by atoms with Crippen molar-refractivity contribution >= 4 is 17.7 Å². The Kier molecular flexibility index (Phi) is 4.66. The van der Waals surface area contributed by atoms with Crippen molar-refractivity contribution in [1.82, 2.24) is 0 Å². The molecule has 0 spiro atoms. The lowest BCUT2D eigenvalue weighted by Gasteiger charge is -2.23. The normalized spacial score (nSPS) is 19.6. The van der Waals surface area contributed by atoms with E-state index in [2.05, 4.69) is 0 Å². The van der Waals surface area contributed by atoms with Crippen molar-refractivity contribution < 1.29 is 15.0 Å². The smallest absolute Gasteiger partial charge is 0.319 e. The number of thioether (sulfide) groups is 1. The Labute approximate surface area is 111 Å². The maximum absolute atomic E-state index is 11.3. The van der Waals surface area contributed by atoms with Gasteiger partial charge in [-0.1, -0.05) is 31.0 Å². The summed E-state index contributed by atoms with van der Waals surface area (Å²) in [5.74, 6) is -0.787. The van der Waals surface area contributed by atoms with E-state index < -0.39 is 17.3 Å². The standard InChI is InChI=1S/C14H18O3S/c15-12(10-6-4-5-7-10)13(14(16)17)18-11-8-2-1-3-9-11/h1-3,8-10,12-13,15H,4-7H2,(H,16,17).